The maximum Gasteiger partial charge on any atom is 0.256 e. The molecule has 0 aromatic heterocycles. The Bertz CT molecular complexity index is 431. The van der Waals surface area contributed by atoms with Gasteiger partial charge in [0, 0.05) is 18.8 Å². The predicted molar refractivity (Wildman–Crippen MR) is 66.9 cm³/mol. The van der Waals surface area contributed by atoms with E-state index in [0.29, 0.717) is 30.9 Å². The fourth-order valence-corrected chi connectivity index (χ4v) is 2.04. The summed E-state index contributed by atoms with van der Waals surface area (Å²) in [6.07, 6.45) is 0.0960. The molecule has 1 heterocycles. The molecule has 1 aliphatic rings. The summed E-state index contributed by atoms with van der Waals surface area (Å²) in [6.45, 7) is 5.74. The number of para-hydroxylation sites is 1. The Hall–Kier alpha value is -1.55. The van der Waals surface area contributed by atoms with Crippen LogP contribution in [-0.2, 0) is 4.74 Å². The molecule has 2 N–H and O–H groups in total. The van der Waals surface area contributed by atoms with Crippen LogP contribution in [-0.4, -0.2) is 36.6 Å². The van der Waals surface area contributed by atoms with Crippen LogP contribution in [0.2, 0.25) is 0 Å². The summed E-state index contributed by atoms with van der Waals surface area (Å²) >= 11 is 0. The van der Waals surface area contributed by atoms with Crippen molar-refractivity contribution in [2.75, 3.05) is 25.4 Å². The fraction of sp³-hybridized carbons (Fsp3) is 0.462. The molecular weight excluding hydrogens is 216 g/mol. The average molecular weight is 234 g/mol. The van der Waals surface area contributed by atoms with Gasteiger partial charge in [-0.3, -0.25) is 4.79 Å². The van der Waals surface area contributed by atoms with Crippen molar-refractivity contribution in [2.45, 2.75) is 20.0 Å². The monoisotopic (exact) mass is 234 g/mol. The number of aryl methyl sites for hydroxylation is 1. The number of carbonyl (C=O) groups is 1. The van der Waals surface area contributed by atoms with Gasteiger partial charge in [0.05, 0.1) is 18.3 Å². The molecule has 1 saturated heterocycles. The van der Waals surface area contributed by atoms with E-state index in [9.17, 15) is 4.79 Å². The van der Waals surface area contributed by atoms with Crippen LogP contribution in [0.5, 0.6) is 0 Å². The van der Waals surface area contributed by atoms with Crippen molar-refractivity contribution in [3.63, 3.8) is 0 Å². The van der Waals surface area contributed by atoms with Crippen LogP contribution >= 0.6 is 0 Å². The van der Waals surface area contributed by atoms with Gasteiger partial charge in [-0.1, -0.05) is 12.1 Å². The van der Waals surface area contributed by atoms with Crippen molar-refractivity contribution in [3.05, 3.63) is 29.3 Å². The largest absolute Gasteiger partial charge is 0.398 e. The standard InChI is InChI=1S/C13H18N2O2/c1-9-4-3-5-11(12(9)14)13(16)15-6-7-17-10(2)8-15/h3-5,10H,6-8,14H2,1-2H3. The third-order valence-corrected chi connectivity index (χ3v) is 3.08. The lowest BCUT2D eigenvalue weighted by molar-refractivity contribution is -0.0123. The molecule has 4 nitrogen and oxygen atoms in total. The van der Waals surface area contributed by atoms with Crippen LogP contribution in [0.1, 0.15) is 22.8 Å². The first-order valence-corrected chi connectivity index (χ1v) is 5.85. The highest BCUT2D eigenvalue weighted by Gasteiger charge is 2.23. The third-order valence-electron chi connectivity index (χ3n) is 3.08. The van der Waals surface area contributed by atoms with Gasteiger partial charge in [0.15, 0.2) is 0 Å². The van der Waals surface area contributed by atoms with Gasteiger partial charge in [-0.25, -0.2) is 0 Å². The Kier molecular flexibility index (Phi) is 3.33. The highest BCUT2D eigenvalue weighted by molar-refractivity contribution is 5.99. The van der Waals surface area contributed by atoms with Crippen molar-refractivity contribution in [1.82, 2.24) is 4.90 Å². The topological polar surface area (TPSA) is 55.6 Å². The second-order valence-electron chi connectivity index (χ2n) is 4.47. The molecule has 1 aromatic carbocycles. The van der Waals surface area contributed by atoms with Crippen LogP contribution in [0.4, 0.5) is 5.69 Å². The maximum absolute atomic E-state index is 12.3. The normalized spacial score (nSPS) is 20.4. The second kappa shape index (κ2) is 4.75. The van der Waals surface area contributed by atoms with Gasteiger partial charge in [-0.05, 0) is 25.5 Å². The van der Waals surface area contributed by atoms with E-state index in [-0.39, 0.29) is 12.0 Å². The molecular formula is C13H18N2O2. The SMILES string of the molecule is Cc1cccc(C(=O)N2CCOC(C)C2)c1N. The summed E-state index contributed by atoms with van der Waals surface area (Å²) in [5, 5.41) is 0. The van der Waals surface area contributed by atoms with E-state index >= 15 is 0 Å². The number of ether oxygens (including phenoxy) is 1. The number of hydrogen-bond acceptors (Lipinski definition) is 3. The Morgan fingerprint density at radius 2 is 2.29 bits per heavy atom. The Balaban J connectivity index is 2.22. The van der Waals surface area contributed by atoms with E-state index in [1.54, 1.807) is 11.0 Å². The first-order chi connectivity index (χ1) is 8.09. The van der Waals surface area contributed by atoms with Crippen molar-refractivity contribution >= 4 is 11.6 Å². The lowest BCUT2D eigenvalue weighted by atomic mass is 10.1. The molecule has 1 aliphatic heterocycles. The van der Waals surface area contributed by atoms with E-state index in [4.69, 9.17) is 10.5 Å². The van der Waals surface area contributed by atoms with Crippen LogP contribution in [0, 0.1) is 6.92 Å². The molecule has 0 bridgehead atoms. The summed E-state index contributed by atoms with van der Waals surface area (Å²) in [5.74, 6) is 0.00125. The first kappa shape index (κ1) is 11.9. The maximum atomic E-state index is 12.3. The molecule has 1 unspecified atom stereocenters. The number of nitrogens with two attached hydrogens (primary N) is 1. The molecule has 0 saturated carbocycles. The Labute approximate surface area is 101 Å². The van der Waals surface area contributed by atoms with Gasteiger partial charge < -0.3 is 15.4 Å². The molecule has 1 amide bonds. The minimum absolute atomic E-state index is 0.00125. The van der Waals surface area contributed by atoms with Crippen molar-refractivity contribution in [3.8, 4) is 0 Å². The van der Waals surface area contributed by atoms with Crippen molar-refractivity contribution < 1.29 is 9.53 Å². The summed E-state index contributed by atoms with van der Waals surface area (Å²) < 4.78 is 5.42. The van der Waals surface area contributed by atoms with Gasteiger partial charge in [0.1, 0.15) is 0 Å². The van der Waals surface area contributed by atoms with Gasteiger partial charge in [-0.15, -0.1) is 0 Å². The zero-order valence-electron chi connectivity index (χ0n) is 10.3. The number of benzene rings is 1. The molecule has 1 atom stereocenters. The average Bonchev–Trinajstić information content (AvgIpc) is 2.32. The van der Waals surface area contributed by atoms with E-state index in [1.165, 1.54) is 0 Å². The van der Waals surface area contributed by atoms with E-state index in [1.807, 2.05) is 26.0 Å². The number of nitrogens with zero attached hydrogens (tertiary/aromatic N) is 1. The summed E-state index contributed by atoms with van der Waals surface area (Å²) in [5.41, 5.74) is 8.06. The summed E-state index contributed by atoms with van der Waals surface area (Å²) in [7, 11) is 0. The molecule has 92 valence electrons. The third kappa shape index (κ3) is 2.42. The van der Waals surface area contributed by atoms with Crippen LogP contribution in [0.3, 0.4) is 0 Å². The fourth-order valence-electron chi connectivity index (χ4n) is 2.04. The minimum Gasteiger partial charge on any atom is -0.398 e. The van der Waals surface area contributed by atoms with E-state index < -0.39 is 0 Å². The van der Waals surface area contributed by atoms with Crippen LogP contribution in [0.15, 0.2) is 18.2 Å². The Morgan fingerprint density at radius 3 is 3.00 bits per heavy atom. The molecule has 17 heavy (non-hydrogen) atoms. The van der Waals surface area contributed by atoms with Gasteiger partial charge in [0.2, 0.25) is 0 Å². The van der Waals surface area contributed by atoms with E-state index in [0.717, 1.165) is 5.56 Å². The molecule has 1 fully saturated rings. The van der Waals surface area contributed by atoms with Crippen LogP contribution < -0.4 is 5.73 Å². The number of nitrogen functional groups attached to an aromatic ring is 1. The smallest absolute Gasteiger partial charge is 0.256 e. The molecule has 0 spiro atoms. The molecule has 0 radical (unpaired) electrons. The zero-order chi connectivity index (χ0) is 12.4. The van der Waals surface area contributed by atoms with Gasteiger partial charge in [-0.2, -0.15) is 0 Å². The second-order valence-corrected chi connectivity index (χ2v) is 4.47. The number of hydrogen-bond donors (Lipinski definition) is 1. The number of amides is 1. The number of anilines is 1. The molecule has 2 rings (SSSR count). The van der Waals surface area contributed by atoms with Crippen molar-refractivity contribution in [2.24, 2.45) is 0 Å². The van der Waals surface area contributed by atoms with E-state index in [2.05, 4.69) is 0 Å². The van der Waals surface area contributed by atoms with Crippen LogP contribution in [0.25, 0.3) is 0 Å². The quantitative estimate of drug-likeness (QED) is 0.748. The van der Waals surface area contributed by atoms with Gasteiger partial charge >= 0.3 is 0 Å². The predicted octanol–water partition coefficient (Wildman–Crippen LogP) is 1.44. The van der Waals surface area contributed by atoms with Gasteiger partial charge in [0.25, 0.3) is 5.91 Å². The van der Waals surface area contributed by atoms with Crippen molar-refractivity contribution in [1.29, 1.82) is 0 Å². The summed E-state index contributed by atoms with van der Waals surface area (Å²) in [6, 6.07) is 5.56. The molecule has 1 aromatic rings. The number of morpholine rings is 1. The molecule has 4 heteroatoms. The lowest BCUT2D eigenvalue weighted by Crippen LogP contribution is -2.44. The lowest BCUT2D eigenvalue weighted by Gasteiger charge is -2.31. The number of carbonyl (C=O) groups excluding carboxylic acids is 1. The number of rotatable bonds is 1. The first-order valence-electron chi connectivity index (χ1n) is 5.85. The highest BCUT2D eigenvalue weighted by Crippen LogP contribution is 2.19. The molecule has 0 aliphatic carbocycles. The minimum atomic E-state index is 0.00125. The summed E-state index contributed by atoms with van der Waals surface area (Å²) in [4.78, 5) is 14.1. The highest BCUT2D eigenvalue weighted by atomic mass is 16.5. The zero-order valence-corrected chi connectivity index (χ0v) is 10.3. The Morgan fingerprint density at radius 1 is 1.53 bits per heavy atom.